The molecule has 20 heavy (non-hydrogen) atoms. The van der Waals surface area contributed by atoms with Crippen LogP contribution in [0, 0.1) is 0 Å². The first-order valence-electron chi connectivity index (χ1n) is 5.94. The number of aromatic nitrogens is 5. The molecule has 2 heterocycles. The summed E-state index contributed by atoms with van der Waals surface area (Å²) in [4.78, 5) is 11.3. The number of allylic oxidation sites excluding steroid dienone is 2. The van der Waals surface area contributed by atoms with Gasteiger partial charge in [0.05, 0.1) is 12.3 Å². The summed E-state index contributed by atoms with van der Waals surface area (Å²) < 4.78 is 18.8. The lowest BCUT2D eigenvalue weighted by molar-refractivity contribution is 0.138. The average molecular weight is 291 g/mol. The maximum atomic E-state index is 11.8. The fourth-order valence-electron chi connectivity index (χ4n) is 2.01. The average Bonchev–Trinajstić information content (AvgIpc) is 2.94. The van der Waals surface area contributed by atoms with Crippen LogP contribution in [-0.4, -0.2) is 47.6 Å². The molecule has 0 bridgehead atoms. The summed E-state index contributed by atoms with van der Waals surface area (Å²) in [6, 6.07) is -0.115. The Bertz CT molecular complexity index is 625. The van der Waals surface area contributed by atoms with E-state index in [-0.39, 0.29) is 6.04 Å². The molecule has 0 fully saturated rings. The molecule has 1 aliphatic carbocycles. The summed E-state index contributed by atoms with van der Waals surface area (Å²) in [5.41, 5.74) is 0. The van der Waals surface area contributed by atoms with Crippen molar-refractivity contribution in [2.75, 3.05) is 13.4 Å². The first-order valence-corrected chi connectivity index (χ1v) is 7.50. The first kappa shape index (κ1) is 13.2. The zero-order valence-corrected chi connectivity index (χ0v) is 11.8. The van der Waals surface area contributed by atoms with Crippen LogP contribution in [0.4, 0.5) is 0 Å². The fraction of sp³-hybridized carbons (Fsp3) is 0.333. The predicted octanol–water partition coefficient (Wildman–Crippen LogP) is 0.561. The summed E-state index contributed by atoms with van der Waals surface area (Å²) in [7, 11) is 1.54. The molecule has 1 atom stereocenters. The van der Waals surface area contributed by atoms with E-state index in [1.807, 2.05) is 12.2 Å². The molecule has 0 spiro atoms. The Morgan fingerprint density at radius 3 is 2.60 bits per heavy atom. The summed E-state index contributed by atoms with van der Waals surface area (Å²) in [6.07, 6.45) is 11.9. The van der Waals surface area contributed by atoms with Crippen molar-refractivity contribution in [3.05, 3.63) is 37.0 Å². The van der Waals surface area contributed by atoms with Crippen molar-refractivity contribution in [3.63, 3.8) is 0 Å². The van der Waals surface area contributed by atoms with E-state index in [1.165, 1.54) is 13.4 Å². The maximum Gasteiger partial charge on any atom is 0.264 e. The Balaban J connectivity index is 1.89. The largest absolute Gasteiger partial charge is 0.614 e. The minimum absolute atomic E-state index is 0.115. The molecule has 8 heteroatoms. The predicted molar refractivity (Wildman–Crippen MR) is 73.4 cm³/mol. The van der Waals surface area contributed by atoms with Gasteiger partial charge in [-0.05, 0) is 11.2 Å². The third kappa shape index (κ3) is 2.11. The lowest BCUT2D eigenvalue weighted by atomic mass is 10.1. The first-order chi connectivity index (χ1) is 9.64. The third-order valence-corrected chi connectivity index (χ3v) is 4.53. The number of hydrogen-bond donors (Lipinski definition) is 0. The lowest BCUT2D eigenvalue weighted by Gasteiger charge is -2.29. The summed E-state index contributed by atoms with van der Waals surface area (Å²) >= 11 is -1.16. The van der Waals surface area contributed by atoms with Crippen molar-refractivity contribution in [2.24, 2.45) is 0 Å². The van der Waals surface area contributed by atoms with E-state index >= 15 is 0 Å². The number of methoxy groups -OCH3 is 1. The van der Waals surface area contributed by atoms with Gasteiger partial charge in [0, 0.05) is 19.3 Å². The van der Waals surface area contributed by atoms with Crippen LogP contribution in [0.3, 0.4) is 0 Å². The molecule has 3 aliphatic rings. The molecule has 0 N–H and O–H groups in total. The second kappa shape index (κ2) is 4.97. The molecular formula is C12H13N5O2S. The van der Waals surface area contributed by atoms with Gasteiger partial charge < -0.3 is 9.29 Å². The van der Waals surface area contributed by atoms with Crippen molar-refractivity contribution in [2.45, 2.75) is 11.0 Å². The second-order valence-electron chi connectivity index (χ2n) is 4.33. The van der Waals surface area contributed by atoms with Crippen LogP contribution in [-0.2, 0) is 15.9 Å². The Hall–Kier alpha value is -1.77. The van der Waals surface area contributed by atoms with E-state index in [9.17, 15) is 4.55 Å². The number of fused-ring (bicyclic) bond motifs is 1. The Morgan fingerprint density at radius 1 is 1.25 bits per heavy atom. The molecule has 0 aromatic rings. The van der Waals surface area contributed by atoms with Gasteiger partial charge in [-0.2, -0.15) is 0 Å². The minimum atomic E-state index is -1.16. The van der Waals surface area contributed by atoms with Crippen LogP contribution >= 0.6 is 0 Å². The van der Waals surface area contributed by atoms with Gasteiger partial charge in [0.25, 0.3) is 4.93 Å². The number of rotatable bonds is 3. The van der Waals surface area contributed by atoms with Crippen LogP contribution in [0.25, 0.3) is 11.6 Å². The van der Waals surface area contributed by atoms with E-state index in [1.54, 1.807) is 29.4 Å². The van der Waals surface area contributed by atoms with E-state index in [4.69, 9.17) is 4.74 Å². The molecule has 0 saturated heterocycles. The van der Waals surface area contributed by atoms with Crippen molar-refractivity contribution in [1.82, 2.24) is 24.7 Å². The number of nitrogens with zero attached hydrogens (tertiary/aromatic N) is 5. The zero-order valence-electron chi connectivity index (χ0n) is 11.0. The highest BCUT2D eigenvalue weighted by Gasteiger charge is 2.36. The van der Waals surface area contributed by atoms with Crippen LogP contribution in [0.15, 0.2) is 37.0 Å². The van der Waals surface area contributed by atoms with Crippen LogP contribution < -0.4 is 0 Å². The summed E-state index contributed by atoms with van der Waals surface area (Å²) in [6.45, 7) is 0. The van der Waals surface area contributed by atoms with Crippen LogP contribution in [0.5, 0.6) is 0 Å². The maximum absolute atomic E-state index is 11.8. The Labute approximate surface area is 118 Å². The molecule has 104 valence electrons. The molecule has 0 aromatic heterocycles. The van der Waals surface area contributed by atoms with E-state index in [0.29, 0.717) is 11.6 Å². The molecule has 2 aliphatic heterocycles. The topological polar surface area (TPSA) is 88.8 Å². The van der Waals surface area contributed by atoms with E-state index in [2.05, 4.69) is 20.1 Å². The van der Waals surface area contributed by atoms with Crippen LogP contribution in [0.1, 0.15) is 6.04 Å². The van der Waals surface area contributed by atoms with Gasteiger partial charge in [0.1, 0.15) is 12.7 Å². The molecular weight excluding hydrogens is 278 g/mol. The quantitative estimate of drug-likeness (QED) is 0.606. The highest BCUT2D eigenvalue weighted by atomic mass is 32.2. The molecule has 3 rings (SSSR count). The standard InChI is InChI=1S/C12H13N5O2S/c1-19-12(20(2)18)5-3-9(4-6-12)17-8-15-10-11(16-17)14-7-13-10/h3-9H,1-2H3. The molecule has 0 saturated carbocycles. The van der Waals surface area contributed by atoms with Crippen LogP contribution in [0.2, 0.25) is 0 Å². The molecule has 0 aromatic carbocycles. The monoisotopic (exact) mass is 291 g/mol. The van der Waals surface area contributed by atoms with E-state index in [0.717, 1.165) is 0 Å². The van der Waals surface area contributed by atoms with Gasteiger partial charge in [-0.1, -0.05) is 12.2 Å². The number of hydrogen-bond acceptors (Lipinski definition) is 6. The smallest absolute Gasteiger partial charge is 0.264 e. The third-order valence-electron chi connectivity index (χ3n) is 3.19. The molecule has 0 amide bonds. The Kier molecular flexibility index (Phi) is 3.28. The van der Waals surface area contributed by atoms with Gasteiger partial charge in [-0.15, -0.1) is 5.10 Å². The highest BCUT2D eigenvalue weighted by molar-refractivity contribution is 7.92. The number of imidazole rings is 1. The summed E-state index contributed by atoms with van der Waals surface area (Å²) in [5, 5.41) is 4.34. The van der Waals surface area contributed by atoms with Gasteiger partial charge >= 0.3 is 0 Å². The normalized spacial score (nSPS) is 27.1. The lowest BCUT2D eigenvalue weighted by Crippen LogP contribution is -2.37. The van der Waals surface area contributed by atoms with Crippen molar-refractivity contribution in [3.8, 4) is 11.6 Å². The minimum Gasteiger partial charge on any atom is -0.614 e. The summed E-state index contributed by atoms with van der Waals surface area (Å²) in [5.74, 6) is 1.02. The van der Waals surface area contributed by atoms with Crippen molar-refractivity contribution in [1.29, 1.82) is 0 Å². The van der Waals surface area contributed by atoms with Crippen molar-refractivity contribution >= 4 is 11.2 Å². The van der Waals surface area contributed by atoms with Gasteiger partial charge in [-0.3, -0.25) is 0 Å². The Morgan fingerprint density at radius 2 is 1.95 bits per heavy atom. The van der Waals surface area contributed by atoms with Gasteiger partial charge in [0.2, 0.25) is 11.6 Å². The molecule has 1 unspecified atom stereocenters. The zero-order chi connectivity index (χ0) is 14.2. The SMILES string of the molecule is COC1([S+](C)[O-])C=CC(n2cnc3ncnc-3n2)C=C1. The number of ether oxygens (including phenoxy) is 1. The van der Waals surface area contributed by atoms with Crippen molar-refractivity contribution < 1.29 is 9.29 Å². The molecule has 0 radical (unpaired) electrons. The fourth-order valence-corrected chi connectivity index (χ4v) is 2.79. The highest BCUT2D eigenvalue weighted by Crippen LogP contribution is 2.29. The molecule has 7 nitrogen and oxygen atoms in total. The second-order valence-corrected chi connectivity index (χ2v) is 5.88. The van der Waals surface area contributed by atoms with Gasteiger partial charge in [-0.25, -0.2) is 19.6 Å². The van der Waals surface area contributed by atoms with Gasteiger partial charge in [0.15, 0.2) is 0 Å². The van der Waals surface area contributed by atoms with E-state index < -0.39 is 16.1 Å².